The standard InChI is InChI=1S/C10H16N2OS2/c11-7-9-1-2-10(14-9)8-12-3-5-15(13)6-4-12/h1-2H,3-8,11H2. The Balaban J connectivity index is 1.88. The fourth-order valence-electron chi connectivity index (χ4n) is 1.67. The molecule has 0 saturated carbocycles. The van der Waals surface area contributed by atoms with E-state index in [1.807, 2.05) is 0 Å². The molecule has 1 aromatic rings. The molecule has 0 spiro atoms. The average Bonchev–Trinajstić information content (AvgIpc) is 2.69. The number of rotatable bonds is 3. The zero-order valence-electron chi connectivity index (χ0n) is 8.65. The Kier molecular flexibility index (Phi) is 3.91. The summed E-state index contributed by atoms with van der Waals surface area (Å²) in [7, 11) is -0.574. The van der Waals surface area contributed by atoms with E-state index in [9.17, 15) is 4.21 Å². The average molecular weight is 244 g/mol. The van der Waals surface area contributed by atoms with Crippen molar-refractivity contribution in [3.63, 3.8) is 0 Å². The summed E-state index contributed by atoms with van der Waals surface area (Å²) < 4.78 is 11.2. The van der Waals surface area contributed by atoms with Crippen molar-refractivity contribution >= 4 is 22.1 Å². The van der Waals surface area contributed by atoms with E-state index in [4.69, 9.17) is 5.73 Å². The van der Waals surface area contributed by atoms with Crippen molar-refractivity contribution in [3.8, 4) is 0 Å². The Morgan fingerprint density at radius 3 is 2.60 bits per heavy atom. The summed E-state index contributed by atoms with van der Waals surface area (Å²) >= 11 is 1.78. The maximum atomic E-state index is 11.2. The second-order valence-corrected chi connectivity index (χ2v) is 6.65. The summed E-state index contributed by atoms with van der Waals surface area (Å²) in [4.78, 5) is 4.97. The van der Waals surface area contributed by atoms with Gasteiger partial charge in [-0.25, -0.2) is 0 Å². The molecule has 5 heteroatoms. The Hall–Kier alpha value is -0.230. The molecule has 1 aliphatic heterocycles. The van der Waals surface area contributed by atoms with E-state index >= 15 is 0 Å². The van der Waals surface area contributed by atoms with Gasteiger partial charge in [-0.3, -0.25) is 9.11 Å². The van der Waals surface area contributed by atoms with Crippen LogP contribution in [0, 0.1) is 0 Å². The molecule has 84 valence electrons. The monoisotopic (exact) mass is 244 g/mol. The molecule has 15 heavy (non-hydrogen) atoms. The molecule has 0 aromatic carbocycles. The maximum Gasteiger partial charge on any atom is 0.0363 e. The first-order chi connectivity index (χ1) is 7.28. The molecule has 0 amide bonds. The van der Waals surface area contributed by atoms with Crippen LogP contribution in [0.15, 0.2) is 12.1 Å². The molecule has 0 atom stereocenters. The summed E-state index contributed by atoms with van der Waals surface area (Å²) in [6, 6.07) is 4.25. The second kappa shape index (κ2) is 5.21. The molecule has 1 saturated heterocycles. The topological polar surface area (TPSA) is 46.3 Å². The van der Waals surface area contributed by atoms with Gasteiger partial charge in [0.05, 0.1) is 0 Å². The molecule has 2 N–H and O–H groups in total. The van der Waals surface area contributed by atoms with Crippen molar-refractivity contribution in [2.75, 3.05) is 24.6 Å². The van der Waals surface area contributed by atoms with Gasteiger partial charge < -0.3 is 5.73 Å². The van der Waals surface area contributed by atoms with Crippen LogP contribution in [-0.4, -0.2) is 33.7 Å². The van der Waals surface area contributed by atoms with Gasteiger partial charge in [0, 0.05) is 58.2 Å². The van der Waals surface area contributed by atoms with Gasteiger partial charge >= 0.3 is 0 Å². The lowest BCUT2D eigenvalue weighted by Crippen LogP contribution is -2.36. The molecule has 2 heterocycles. The lowest BCUT2D eigenvalue weighted by Gasteiger charge is -2.25. The number of hydrogen-bond acceptors (Lipinski definition) is 4. The third-order valence-corrected chi connectivity index (χ3v) is 4.94. The first kappa shape index (κ1) is 11.3. The highest BCUT2D eigenvalue weighted by Crippen LogP contribution is 2.18. The normalized spacial score (nSPS) is 19.5. The SMILES string of the molecule is NCc1ccc(CN2CCS(=O)CC2)s1. The van der Waals surface area contributed by atoms with E-state index < -0.39 is 10.8 Å². The minimum Gasteiger partial charge on any atom is -0.326 e. The molecule has 3 nitrogen and oxygen atoms in total. The minimum absolute atomic E-state index is 0.574. The van der Waals surface area contributed by atoms with Crippen LogP contribution in [0.5, 0.6) is 0 Å². The predicted molar refractivity (Wildman–Crippen MR) is 65.4 cm³/mol. The lowest BCUT2D eigenvalue weighted by molar-refractivity contribution is 0.294. The Bertz CT molecular complexity index is 341. The van der Waals surface area contributed by atoms with Gasteiger partial charge in [0.2, 0.25) is 0 Å². The highest BCUT2D eigenvalue weighted by atomic mass is 32.2. The minimum atomic E-state index is -0.574. The van der Waals surface area contributed by atoms with Crippen LogP contribution in [0.4, 0.5) is 0 Å². The summed E-state index contributed by atoms with van der Waals surface area (Å²) in [5.74, 6) is 1.66. The largest absolute Gasteiger partial charge is 0.326 e. The van der Waals surface area contributed by atoms with E-state index in [0.29, 0.717) is 6.54 Å². The number of nitrogens with zero attached hydrogens (tertiary/aromatic N) is 1. The van der Waals surface area contributed by atoms with Gasteiger partial charge in [-0.2, -0.15) is 0 Å². The van der Waals surface area contributed by atoms with Crippen molar-refractivity contribution in [1.82, 2.24) is 4.90 Å². The molecule has 2 rings (SSSR count). The van der Waals surface area contributed by atoms with Gasteiger partial charge in [0.15, 0.2) is 0 Å². The van der Waals surface area contributed by atoms with Crippen molar-refractivity contribution in [2.45, 2.75) is 13.1 Å². The van der Waals surface area contributed by atoms with E-state index in [2.05, 4.69) is 17.0 Å². The van der Waals surface area contributed by atoms with Crippen LogP contribution in [0.25, 0.3) is 0 Å². The lowest BCUT2D eigenvalue weighted by atomic mass is 10.4. The van der Waals surface area contributed by atoms with Crippen molar-refractivity contribution < 1.29 is 4.21 Å². The van der Waals surface area contributed by atoms with Crippen LogP contribution in [0.2, 0.25) is 0 Å². The van der Waals surface area contributed by atoms with Gasteiger partial charge in [-0.1, -0.05) is 0 Å². The zero-order chi connectivity index (χ0) is 10.7. The first-order valence-electron chi connectivity index (χ1n) is 5.13. The van der Waals surface area contributed by atoms with Crippen LogP contribution in [0.3, 0.4) is 0 Å². The zero-order valence-corrected chi connectivity index (χ0v) is 10.3. The Labute approximate surface area is 96.7 Å². The first-order valence-corrected chi connectivity index (χ1v) is 7.43. The summed E-state index contributed by atoms with van der Waals surface area (Å²) in [6.45, 7) is 3.54. The van der Waals surface area contributed by atoms with E-state index in [1.165, 1.54) is 9.75 Å². The molecule has 1 fully saturated rings. The maximum absolute atomic E-state index is 11.2. The third kappa shape index (κ3) is 3.11. The second-order valence-electron chi connectivity index (χ2n) is 3.70. The molecule has 0 bridgehead atoms. The summed E-state index contributed by atoms with van der Waals surface area (Å²) in [5.41, 5.74) is 5.57. The molecular formula is C10H16N2OS2. The molecule has 0 unspecified atom stereocenters. The number of hydrogen-bond donors (Lipinski definition) is 1. The fourth-order valence-corrected chi connectivity index (χ4v) is 3.74. The van der Waals surface area contributed by atoms with E-state index in [-0.39, 0.29) is 0 Å². The third-order valence-electron chi connectivity index (χ3n) is 2.57. The van der Waals surface area contributed by atoms with Crippen molar-refractivity contribution in [2.24, 2.45) is 5.73 Å². The summed E-state index contributed by atoms with van der Waals surface area (Å²) in [6.07, 6.45) is 0. The quantitative estimate of drug-likeness (QED) is 0.854. The smallest absolute Gasteiger partial charge is 0.0363 e. The van der Waals surface area contributed by atoms with Crippen molar-refractivity contribution in [3.05, 3.63) is 21.9 Å². The van der Waals surface area contributed by atoms with Gasteiger partial charge in [-0.15, -0.1) is 11.3 Å². The number of thiophene rings is 1. The van der Waals surface area contributed by atoms with Crippen LogP contribution >= 0.6 is 11.3 Å². The van der Waals surface area contributed by atoms with Gasteiger partial charge in [-0.05, 0) is 12.1 Å². The highest BCUT2D eigenvalue weighted by Gasteiger charge is 2.15. The van der Waals surface area contributed by atoms with Crippen molar-refractivity contribution in [1.29, 1.82) is 0 Å². The van der Waals surface area contributed by atoms with Crippen LogP contribution in [0.1, 0.15) is 9.75 Å². The Morgan fingerprint density at radius 2 is 2.00 bits per heavy atom. The molecule has 1 aliphatic rings. The molecule has 1 aromatic heterocycles. The molecule has 0 radical (unpaired) electrons. The van der Waals surface area contributed by atoms with Crippen LogP contribution in [-0.2, 0) is 23.9 Å². The Morgan fingerprint density at radius 1 is 1.33 bits per heavy atom. The highest BCUT2D eigenvalue weighted by molar-refractivity contribution is 7.85. The van der Waals surface area contributed by atoms with E-state index in [0.717, 1.165) is 31.1 Å². The number of nitrogens with two attached hydrogens (primary N) is 1. The fraction of sp³-hybridized carbons (Fsp3) is 0.600. The van der Waals surface area contributed by atoms with Gasteiger partial charge in [0.25, 0.3) is 0 Å². The predicted octanol–water partition coefficient (Wildman–Crippen LogP) is 0.771. The summed E-state index contributed by atoms with van der Waals surface area (Å²) in [5, 5.41) is 0. The van der Waals surface area contributed by atoms with E-state index in [1.54, 1.807) is 11.3 Å². The molecule has 0 aliphatic carbocycles. The van der Waals surface area contributed by atoms with Gasteiger partial charge in [0.1, 0.15) is 0 Å². The van der Waals surface area contributed by atoms with Crippen LogP contribution < -0.4 is 5.73 Å². The molecular weight excluding hydrogens is 228 g/mol.